The molecule has 0 bridgehead atoms. The Kier molecular flexibility index (Phi) is 6.79. The Morgan fingerprint density at radius 3 is 2.76 bits per heavy atom. The van der Waals surface area contributed by atoms with Crippen LogP contribution >= 0.6 is 22.9 Å². The summed E-state index contributed by atoms with van der Waals surface area (Å²) in [6, 6.07) is 10.5. The number of amides is 1. The highest BCUT2D eigenvalue weighted by Gasteiger charge is 2.24. The number of nitrogens with zero attached hydrogens (tertiary/aromatic N) is 2. The van der Waals surface area contributed by atoms with E-state index in [-0.39, 0.29) is 10.7 Å². The Hall–Kier alpha value is -2.97. The molecule has 29 heavy (non-hydrogen) atoms. The number of rotatable bonds is 7. The molecule has 0 aliphatic carbocycles. The van der Waals surface area contributed by atoms with Crippen molar-refractivity contribution >= 4 is 39.9 Å². The van der Waals surface area contributed by atoms with Gasteiger partial charge in [-0.25, -0.2) is 14.8 Å². The van der Waals surface area contributed by atoms with Gasteiger partial charge in [-0.2, -0.15) is 0 Å². The fourth-order valence-electron chi connectivity index (χ4n) is 2.55. The number of methoxy groups -OCH3 is 1. The van der Waals surface area contributed by atoms with Crippen molar-refractivity contribution in [2.45, 2.75) is 19.4 Å². The highest BCUT2D eigenvalue weighted by atomic mass is 35.5. The van der Waals surface area contributed by atoms with Crippen LogP contribution in [-0.2, 0) is 9.53 Å². The van der Waals surface area contributed by atoms with E-state index in [1.807, 2.05) is 29.6 Å². The van der Waals surface area contributed by atoms with Crippen molar-refractivity contribution in [2.75, 3.05) is 12.4 Å². The van der Waals surface area contributed by atoms with E-state index in [1.165, 1.54) is 23.6 Å². The van der Waals surface area contributed by atoms with E-state index < -0.39 is 18.0 Å². The van der Waals surface area contributed by atoms with E-state index in [1.54, 1.807) is 20.1 Å². The van der Waals surface area contributed by atoms with Gasteiger partial charge in [-0.15, -0.1) is 11.3 Å². The van der Waals surface area contributed by atoms with Crippen molar-refractivity contribution in [1.82, 2.24) is 9.97 Å². The highest BCUT2D eigenvalue weighted by Crippen LogP contribution is 2.32. The van der Waals surface area contributed by atoms with Gasteiger partial charge < -0.3 is 9.47 Å². The van der Waals surface area contributed by atoms with Crippen molar-refractivity contribution < 1.29 is 19.1 Å². The van der Waals surface area contributed by atoms with Gasteiger partial charge in [-0.1, -0.05) is 30.7 Å². The summed E-state index contributed by atoms with van der Waals surface area (Å²) in [4.78, 5) is 33.1. The molecular weight excluding hydrogens is 414 g/mol. The number of thiazole rings is 1. The van der Waals surface area contributed by atoms with Crippen molar-refractivity contribution in [3.8, 4) is 17.0 Å². The molecule has 0 aliphatic rings. The molecule has 1 N–H and O–H groups in total. The van der Waals surface area contributed by atoms with Crippen LogP contribution in [0, 0.1) is 0 Å². The van der Waals surface area contributed by atoms with Gasteiger partial charge in [0.05, 0.1) is 18.4 Å². The number of esters is 1. The summed E-state index contributed by atoms with van der Waals surface area (Å²) < 4.78 is 10.7. The molecule has 7 nitrogen and oxygen atoms in total. The molecular formula is C20H18ClN3O4S. The smallest absolute Gasteiger partial charge is 0.342 e. The molecule has 1 unspecified atom stereocenters. The van der Waals surface area contributed by atoms with Gasteiger partial charge in [0.15, 0.2) is 11.2 Å². The second-order valence-electron chi connectivity index (χ2n) is 5.87. The molecule has 1 amide bonds. The summed E-state index contributed by atoms with van der Waals surface area (Å²) >= 11 is 7.18. The number of hydrogen-bond donors (Lipinski definition) is 1. The zero-order valence-electron chi connectivity index (χ0n) is 15.7. The summed E-state index contributed by atoms with van der Waals surface area (Å²) in [5, 5.41) is 4.92. The quantitative estimate of drug-likeness (QED) is 0.439. The van der Waals surface area contributed by atoms with Crippen molar-refractivity contribution in [3.63, 3.8) is 0 Å². The minimum Gasteiger partial charge on any atom is -0.496 e. The third kappa shape index (κ3) is 4.90. The molecule has 2 heterocycles. The number of carbonyl (C=O) groups is 2. The molecule has 3 rings (SSSR count). The molecule has 150 valence electrons. The number of carbonyl (C=O) groups excluding carboxylic acids is 2. The minimum atomic E-state index is -0.989. The van der Waals surface area contributed by atoms with Crippen LogP contribution in [0.15, 0.2) is 48.0 Å². The lowest BCUT2D eigenvalue weighted by molar-refractivity contribution is -0.124. The predicted octanol–water partition coefficient (Wildman–Crippen LogP) is 4.44. The summed E-state index contributed by atoms with van der Waals surface area (Å²) in [6.45, 7) is 1.74. The van der Waals surface area contributed by atoms with Crippen molar-refractivity contribution in [3.05, 3.63) is 58.7 Å². The third-order valence-electron chi connectivity index (χ3n) is 4.01. The van der Waals surface area contributed by atoms with Gasteiger partial charge in [-0.3, -0.25) is 10.1 Å². The van der Waals surface area contributed by atoms with Gasteiger partial charge in [0.1, 0.15) is 10.9 Å². The number of para-hydroxylation sites is 1. The molecule has 0 saturated heterocycles. The van der Waals surface area contributed by atoms with E-state index >= 15 is 0 Å². The topological polar surface area (TPSA) is 90.4 Å². The molecule has 0 spiro atoms. The highest BCUT2D eigenvalue weighted by molar-refractivity contribution is 7.14. The standard InChI is InChI=1S/C20H18ClN3O4S/c1-3-15(28-19(26)13-8-6-10-22-17(13)21)18(25)24-20-23-14(11-29-20)12-7-4-5-9-16(12)27-2/h4-11,15H,3H2,1-2H3,(H,23,24,25). The molecule has 1 aromatic carbocycles. The monoisotopic (exact) mass is 431 g/mol. The molecule has 0 fully saturated rings. The molecule has 2 aromatic heterocycles. The Bertz CT molecular complexity index is 1020. The zero-order valence-corrected chi connectivity index (χ0v) is 17.3. The van der Waals surface area contributed by atoms with E-state index in [2.05, 4.69) is 15.3 Å². The first-order valence-corrected chi connectivity index (χ1v) is 10.0. The van der Waals surface area contributed by atoms with Crippen LogP contribution in [0.2, 0.25) is 5.15 Å². The van der Waals surface area contributed by atoms with Crippen LogP contribution in [0.1, 0.15) is 23.7 Å². The van der Waals surface area contributed by atoms with Crippen LogP contribution in [0.4, 0.5) is 5.13 Å². The number of aromatic nitrogens is 2. The summed E-state index contributed by atoms with van der Waals surface area (Å²) in [6.07, 6.45) is 0.767. The fourth-order valence-corrected chi connectivity index (χ4v) is 3.46. The molecule has 0 saturated carbocycles. The Morgan fingerprint density at radius 2 is 2.03 bits per heavy atom. The predicted molar refractivity (Wildman–Crippen MR) is 111 cm³/mol. The Morgan fingerprint density at radius 1 is 1.24 bits per heavy atom. The van der Waals surface area contributed by atoms with E-state index in [0.717, 1.165) is 5.56 Å². The molecule has 9 heteroatoms. The molecule has 0 aliphatic heterocycles. The van der Waals surface area contributed by atoms with E-state index in [0.29, 0.717) is 23.0 Å². The number of benzene rings is 1. The summed E-state index contributed by atoms with van der Waals surface area (Å²) in [7, 11) is 1.59. The maximum atomic E-state index is 12.6. The molecule has 1 atom stereocenters. The number of halogens is 1. The van der Waals surface area contributed by atoms with Crippen LogP contribution < -0.4 is 10.1 Å². The van der Waals surface area contributed by atoms with Crippen LogP contribution in [0.25, 0.3) is 11.3 Å². The first-order chi connectivity index (χ1) is 14.0. The zero-order chi connectivity index (χ0) is 20.8. The minimum absolute atomic E-state index is 0.0223. The number of anilines is 1. The average Bonchev–Trinajstić information content (AvgIpc) is 3.20. The lowest BCUT2D eigenvalue weighted by Crippen LogP contribution is -2.32. The van der Waals surface area contributed by atoms with Gasteiger partial charge in [0, 0.05) is 17.1 Å². The van der Waals surface area contributed by atoms with Gasteiger partial charge in [-0.05, 0) is 30.7 Å². The SMILES string of the molecule is CCC(OC(=O)c1cccnc1Cl)C(=O)Nc1nc(-c2ccccc2OC)cs1. The number of ether oxygens (including phenoxy) is 2. The van der Waals surface area contributed by atoms with Crippen LogP contribution in [-0.4, -0.2) is 35.1 Å². The first-order valence-electron chi connectivity index (χ1n) is 8.74. The second kappa shape index (κ2) is 9.49. The van der Waals surface area contributed by atoms with Crippen LogP contribution in [0.3, 0.4) is 0 Å². The molecule has 3 aromatic rings. The van der Waals surface area contributed by atoms with Gasteiger partial charge in [0.25, 0.3) is 5.91 Å². The number of pyridine rings is 1. The molecule has 0 radical (unpaired) electrons. The third-order valence-corrected chi connectivity index (χ3v) is 5.07. The maximum absolute atomic E-state index is 12.6. The Balaban J connectivity index is 1.70. The van der Waals surface area contributed by atoms with E-state index in [4.69, 9.17) is 21.1 Å². The average molecular weight is 432 g/mol. The van der Waals surface area contributed by atoms with Crippen molar-refractivity contribution in [2.24, 2.45) is 0 Å². The normalized spacial score (nSPS) is 11.6. The van der Waals surface area contributed by atoms with E-state index in [9.17, 15) is 9.59 Å². The fraction of sp³-hybridized carbons (Fsp3) is 0.200. The second-order valence-corrected chi connectivity index (χ2v) is 7.09. The summed E-state index contributed by atoms with van der Waals surface area (Å²) in [5.74, 6) is -0.495. The van der Waals surface area contributed by atoms with Gasteiger partial charge >= 0.3 is 5.97 Å². The lowest BCUT2D eigenvalue weighted by Gasteiger charge is -2.15. The van der Waals surface area contributed by atoms with Gasteiger partial charge in [0.2, 0.25) is 0 Å². The number of hydrogen-bond acceptors (Lipinski definition) is 7. The lowest BCUT2D eigenvalue weighted by atomic mass is 10.1. The van der Waals surface area contributed by atoms with Crippen molar-refractivity contribution in [1.29, 1.82) is 0 Å². The Labute approximate surface area is 176 Å². The number of nitrogens with one attached hydrogen (secondary N) is 1. The first kappa shape index (κ1) is 20.8. The van der Waals surface area contributed by atoms with Crippen LogP contribution in [0.5, 0.6) is 5.75 Å². The summed E-state index contributed by atoms with van der Waals surface area (Å²) in [5.41, 5.74) is 1.60. The largest absolute Gasteiger partial charge is 0.496 e. The maximum Gasteiger partial charge on any atom is 0.342 e.